The minimum absolute atomic E-state index is 0.0618. The summed E-state index contributed by atoms with van der Waals surface area (Å²) in [5, 5.41) is 0.550. The van der Waals surface area contributed by atoms with E-state index >= 15 is 0 Å². The number of carbonyl (C=O) groups excluding carboxylic acids is 2. The van der Waals surface area contributed by atoms with Gasteiger partial charge < -0.3 is 18.9 Å². The summed E-state index contributed by atoms with van der Waals surface area (Å²) in [5.74, 6) is 0.193. The number of hydrogen-bond donors (Lipinski definition) is 0. The first kappa shape index (κ1) is 37.3. The molecule has 55 heavy (non-hydrogen) atoms. The number of carbonyl (C=O) groups is 2. The summed E-state index contributed by atoms with van der Waals surface area (Å²) < 4.78 is 38.5. The minimum Gasteiger partial charge on any atom is -0.497 e. The van der Waals surface area contributed by atoms with Gasteiger partial charge in [0, 0.05) is 31.3 Å². The molecule has 7 rings (SSSR count). The molecule has 0 unspecified atom stereocenters. The molecule has 5 aromatic carbocycles. The molecule has 6 aromatic rings. The van der Waals surface area contributed by atoms with Crippen LogP contribution in [0.1, 0.15) is 54.6 Å². The Kier molecular flexibility index (Phi) is 10.7. The molecule has 0 atom stereocenters. The highest BCUT2D eigenvalue weighted by molar-refractivity contribution is 6.76. The lowest BCUT2D eigenvalue weighted by atomic mass is 9.98. The van der Waals surface area contributed by atoms with Gasteiger partial charge >= 0.3 is 0 Å². The van der Waals surface area contributed by atoms with Crippen molar-refractivity contribution in [2.45, 2.75) is 44.8 Å². The normalized spacial score (nSPS) is 12.7. The third-order valence-electron chi connectivity index (χ3n) is 9.71. The van der Waals surface area contributed by atoms with E-state index in [-0.39, 0.29) is 29.2 Å². The summed E-state index contributed by atoms with van der Waals surface area (Å²) >= 11 is 0. The van der Waals surface area contributed by atoms with Crippen LogP contribution in [0.2, 0.25) is 25.7 Å². The average Bonchev–Trinajstić information content (AvgIpc) is 3.43. The Balaban J connectivity index is 1.44. The van der Waals surface area contributed by atoms with Gasteiger partial charge in [-0.2, -0.15) is 0 Å². The van der Waals surface area contributed by atoms with Crippen molar-refractivity contribution >= 4 is 30.8 Å². The van der Waals surface area contributed by atoms with E-state index in [1.807, 2.05) is 66.7 Å². The molecule has 0 radical (unpaired) electrons. The predicted octanol–water partition coefficient (Wildman–Crippen LogP) is 9.66. The highest BCUT2D eigenvalue weighted by Crippen LogP contribution is 2.47. The number of methoxy groups -OCH3 is 2. The molecule has 280 valence electrons. The molecule has 0 bridgehead atoms. The molecule has 1 aliphatic rings. The molecule has 0 N–H and O–H groups in total. The number of rotatable bonds is 14. The standard InChI is InChI=1S/C45H43FN2O6Si/c1-51-35-21-18-33(37(26-35)52-2)28-48-44(49)38-39(45(48)50)43(54-41(31-12-8-6-9-13-31)32-14-10-7-11-15-32)40-36(42(38)53-22-23-55(3,4)5)25-30(27-47-40)24-29-16-19-34(46)20-17-29/h6-21,25-27,41H,22-24,28H2,1-5H3. The number of nitrogens with zero attached hydrogens (tertiary/aromatic N) is 2. The summed E-state index contributed by atoms with van der Waals surface area (Å²) in [4.78, 5) is 35.8. The van der Waals surface area contributed by atoms with E-state index in [4.69, 9.17) is 23.9 Å². The maximum absolute atomic E-state index is 14.8. The number of benzene rings is 5. The lowest BCUT2D eigenvalue weighted by Gasteiger charge is -2.24. The molecule has 10 heteroatoms. The summed E-state index contributed by atoms with van der Waals surface area (Å²) in [6, 6.07) is 33.8. The van der Waals surface area contributed by atoms with Gasteiger partial charge in [-0.15, -0.1) is 0 Å². The molecular weight excluding hydrogens is 712 g/mol. The second kappa shape index (κ2) is 15.8. The number of aromatic nitrogens is 1. The lowest BCUT2D eigenvalue weighted by molar-refractivity contribution is 0.0639. The van der Waals surface area contributed by atoms with Crippen molar-refractivity contribution in [1.29, 1.82) is 0 Å². The van der Waals surface area contributed by atoms with Crippen LogP contribution >= 0.6 is 0 Å². The second-order valence-electron chi connectivity index (χ2n) is 14.8. The largest absolute Gasteiger partial charge is 0.497 e. The Hall–Kier alpha value is -6.00. The molecule has 0 aliphatic carbocycles. The highest BCUT2D eigenvalue weighted by atomic mass is 28.3. The smallest absolute Gasteiger partial charge is 0.265 e. The Labute approximate surface area is 321 Å². The van der Waals surface area contributed by atoms with Gasteiger partial charge in [-0.25, -0.2) is 4.39 Å². The van der Waals surface area contributed by atoms with Gasteiger partial charge in [0.2, 0.25) is 0 Å². The van der Waals surface area contributed by atoms with Crippen LogP contribution in [0.4, 0.5) is 4.39 Å². The number of imide groups is 1. The van der Waals surface area contributed by atoms with Crippen LogP contribution in [0.3, 0.4) is 0 Å². The summed E-state index contributed by atoms with van der Waals surface area (Å²) in [5.41, 5.74) is 4.68. The van der Waals surface area contributed by atoms with Crippen molar-refractivity contribution in [3.05, 3.63) is 160 Å². The Bertz CT molecular complexity index is 2310. The van der Waals surface area contributed by atoms with Gasteiger partial charge in [-0.1, -0.05) is 92.4 Å². The monoisotopic (exact) mass is 754 g/mol. The van der Waals surface area contributed by atoms with Gasteiger partial charge in [-0.3, -0.25) is 19.5 Å². The van der Waals surface area contributed by atoms with Crippen molar-refractivity contribution in [1.82, 2.24) is 9.88 Å². The van der Waals surface area contributed by atoms with Gasteiger partial charge in [0.1, 0.15) is 40.2 Å². The van der Waals surface area contributed by atoms with Crippen molar-refractivity contribution < 1.29 is 32.9 Å². The Morgan fingerprint density at radius 2 is 1.38 bits per heavy atom. The SMILES string of the molecule is COc1ccc(CN2C(=O)c3c(c(OC(c4ccccc4)c4ccccc4)c4ncc(Cc5ccc(F)cc5)cc4c3OCC[Si](C)(C)C)C2=O)c(OC)c1. The van der Waals surface area contributed by atoms with Crippen molar-refractivity contribution in [2.24, 2.45) is 0 Å². The number of pyridine rings is 1. The van der Waals surface area contributed by atoms with Crippen LogP contribution in [0.15, 0.2) is 115 Å². The fourth-order valence-electron chi connectivity index (χ4n) is 6.77. The van der Waals surface area contributed by atoms with Crippen LogP contribution in [-0.4, -0.2) is 50.6 Å². The van der Waals surface area contributed by atoms with E-state index in [1.54, 1.807) is 43.6 Å². The predicted molar refractivity (Wildman–Crippen MR) is 214 cm³/mol. The fraction of sp³-hybridized carbons (Fsp3) is 0.222. The first-order valence-corrected chi connectivity index (χ1v) is 21.9. The average molecular weight is 755 g/mol. The molecule has 0 saturated carbocycles. The summed E-state index contributed by atoms with van der Waals surface area (Å²) in [6.45, 7) is 7.05. The maximum atomic E-state index is 14.8. The van der Waals surface area contributed by atoms with Crippen LogP contribution in [-0.2, 0) is 13.0 Å². The van der Waals surface area contributed by atoms with Gasteiger partial charge in [0.05, 0.1) is 32.9 Å². The van der Waals surface area contributed by atoms with Gasteiger partial charge in [0.25, 0.3) is 11.8 Å². The fourth-order valence-corrected chi connectivity index (χ4v) is 7.48. The zero-order valence-electron chi connectivity index (χ0n) is 31.6. The summed E-state index contributed by atoms with van der Waals surface area (Å²) in [6.07, 6.45) is 1.54. The maximum Gasteiger partial charge on any atom is 0.265 e. The number of ether oxygens (including phenoxy) is 4. The van der Waals surface area contributed by atoms with E-state index in [1.165, 1.54) is 24.1 Å². The topological polar surface area (TPSA) is 87.2 Å². The van der Waals surface area contributed by atoms with E-state index in [0.29, 0.717) is 46.7 Å². The number of halogens is 1. The van der Waals surface area contributed by atoms with Crippen LogP contribution < -0.4 is 18.9 Å². The van der Waals surface area contributed by atoms with Crippen molar-refractivity contribution in [3.63, 3.8) is 0 Å². The molecule has 0 saturated heterocycles. The zero-order valence-corrected chi connectivity index (χ0v) is 32.6. The molecule has 1 aliphatic heterocycles. The molecule has 1 aromatic heterocycles. The molecule has 0 fully saturated rings. The van der Waals surface area contributed by atoms with Crippen molar-refractivity contribution in [2.75, 3.05) is 20.8 Å². The molecule has 8 nitrogen and oxygen atoms in total. The Morgan fingerprint density at radius 3 is 1.98 bits per heavy atom. The molecule has 2 heterocycles. The van der Waals surface area contributed by atoms with Crippen molar-refractivity contribution in [3.8, 4) is 23.0 Å². The first-order valence-electron chi connectivity index (χ1n) is 18.2. The lowest BCUT2D eigenvalue weighted by Crippen LogP contribution is -2.29. The number of fused-ring (bicyclic) bond motifs is 2. The van der Waals surface area contributed by atoms with E-state index in [9.17, 15) is 14.0 Å². The number of amides is 2. The third kappa shape index (κ3) is 7.95. The third-order valence-corrected chi connectivity index (χ3v) is 11.4. The van der Waals surface area contributed by atoms with Crippen LogP contribution in [0.25, 0.3) is 10.9 Å². The second-order valence-corrected chi connectivity index (χ2v) is 20.4. The quantitative estimate of drug-likeness (QED) is 0.0809. The Morgan fingerprint density at radius 1 is 0.745 bits per heavy atom. The van der Waals surface area contributed by atoms with Crippen LogP contribution in [0, 0.1) is 5.82 Å². The summed E-state index contributed by atoms with van der Waals surface area (Å²) in [7, 11) is 1.52. The van der Waals surface area contributed by atoms with Gasteiger partial charge in [0.15, 0.2) is 5.75 Å². The molecule has 2 amide bonds. The molecular formula is C45H43FN2O6Si. The number of hydrogen-bond acceptors (Lipinski definition) is 7. The van der Waals surface area contributed by atoms with E-state index < -0.39 is 26.0 Å². The zero-order chi connectivity index (χ0) is 38.7. The highest BCUT2D eigenvalue weighted by Gasteiger charge is 2.44. The van der Waals surface area contributed by atoms with E-state index in [2.05, 4.69) is 19.6 Å². The van der Waals surface area contributed by atoms with E-state index in [0.717, 1.165) is 28.3 Å². The minimum atomic E-state index is -1.57. The van der Waals surface area contributed by atoms with Crippen LogP contribution in [0.5, 0.6) is 23.0 Å². The molecule has 0 spiro atoms. The first-order chi connectivity index (χ1) is 26.5. The van der Waals surface area contributed by atoms with Gasteiger partial charge in [-0.05, 0) is 65.1 Å².